The lowest BCUT2D eigenvalue weighted by molar-refractivity contribution is -0.384. The number of anilines is 1. The van der Waals surface area contributed by atoms with Gasteiger partial charge in [-0.1, -0.05) is 12.1 Å². The van der Waals surface area contributed by atoms with E-state index in [-0.39, 0.29) is 5.69 Å². The summed E-state index contributed by atoms with van der Waals surface area (Å²) in [4.78, 5) is 12.5. The van der Waals surface area contributed by atoms with Crippen LogP contribution in [-0.2, 0) is 6.54 Å². The van der Waals surface area contributed by atoms with Crippen molar-refractivity contribution >= 4 is 11.4 Å². The fourth-order valence-corrected chi connectivity index (χ4v) is 1.99. The van der Waals surface area contributed by atoms with Crippen molar-refractivity contribution in [1.82, 2.24) is 4.90 Å². The molecule has 1 aliphatic carbocycles. The Labute approximate surface area is 100 Å². The van der Waals surface area contributed by atoms with E-state index in [2.05, 4.69) is 4.90 Å². The zero-order chi connectivity index (χ0) is 12.4. The zero-order valence-electron chi connectivity index (χ0n) is 9.93. The third-order valence-corrected chi connectivity index (χ3v) is 3.08. The predicted octanol–water partition coefficient (Wildman–Crippen LogP) is 2.02. The summed E-state index contributed by atoms with van der Waals surface area (Å²) in [6.07, 6.45) is 2.60. The van der Waals surface area contributed by atoms with Gasteiger partial charge in [0, 0.05) is 19.2 Å². The van der Waals surface area contributed by atoms with Gasteiger partial charge in [-0.2, -0.15) is 0 Å². The summed E-state index contributed by atoms with van der Waals surface area (Å²) in [6, 6.07) is 4.99. The summed E-state index contributed by atoms with van der Waals surface area (Å²) in [5.41, 5.74) is 6.94. The van der Waals surface area contributed by atoms with Crippen LogP contribution in [-0.4, -0.2) is 23.4 Å². The van der Waals surface area contributed by atoms with E-state index < -0.39 is 4.92 Å². The average molecular weight is 235 g/mol. The Morgan fingerprint density at radius 2 is 2.24 bits per heavy atom. The maximum atomic E-state index is 10.8. The van der Waals surface area contributed by atoms with Gasteiger partial charge in [-0.3, -0.25) is 10.1 Å². The molecule has 0 saturated heterocycles. The van der Waals surface area contributed by atoms with Gasteiger partial charge in [0.05, 0.1) is 4.92 Å². The second-order valence-electron chi connectivity index (χ2n) is 4.75. The standard InChI is InChI=1S/C12H17N3O2/c1-14(7-9-5-6-9)8-10-3-2-4-11(12(10)13)15(16)17/h2-4,9H,5-8,13H2,1H3. The molecule has 0 radical (unpaired) electrons. The minimum absolute atomic E-state index is 0.00215. The predicted molar refractivity (Wildman–Crippen MR) is 66.6 cm³/mol. The highest BCUT2D eigenvalue weighted by atomic mass is 16.6. The van der Waals surface area contributed by atoms with E-state index in [9.17, 15) is 10.1 Å². The lowest BCUT2D eigenvalue weighted by atomic mass is 10.1. The number of para-hydroxylation sites is 1. The Hall–Kier alpha value is -1.62. The smallest absolute Gasteiger partial charge is 0.292 e. The fraction of sp³-hybridized carbons (Fsp3) is 0.500. The number of hydrogen-bond acceptors (Lipinski definition) is 4. The number of rotatable bonds is 5. The van der Waals surface area contributed by atoms with Crippen molar-refractivity contribution in [1.29, 1.82) is 0 Å². The summed E-state index contributed by atoms with van der Waals surface area (Å²) < 4.78 is 0. The number of benzene rings is 1. The number of nitrogens with two attached hydrogens (primary N) is 1. The molecule has 0 amide bonds. The van der Waals surface area contributed by atoms with Gasteiger partial charge in [0.1, 0.15) is 5.69 Å². The molecule has 5 heteroatoms. The van der Waals surface area contributed by atoms with E-state index in [0.717, 1.165) is 18.0 Å². The molecule has 0 unspecified atom stereocenters. The van der Waals surface area contributed by atoms with Crippen LogP contribution in [0.3, 0.4) is 0 Å². The van der Waals surface area contributed by atoms with Crippen molar-refractivity contribution in [3.63, 3.8) is 0 Å². The Kier molecular flexibility index (Phi) is 3.28. The first kappa shape index (κ1) is 11.9. The maximum Gasteiger partial charge on any atom is 0.292 e. The second-order valence-corrected chi connectivity index (χ2v) is 4.75. The van der Waals surface area contributed by atoms with E-state index in [1.54, 1.807) is 6.07 Å². The van der Waals surface area contributed by atoms with E-state index in [4.69, 9.17) is 5.73 Å². The van der Waals surface area contributed by atoms with Crippen LogP contribution in [0.25, 0.3) is 0 Å². The first-order chi connectivity index (χ1) is 8.08. The molecule has 0 spiro atoms. The second kappa shape index (κ2) is 4.71. The van der Waals surface area contributed by atoms with Crippen molar-refractivity contribution < 1.29 is 4.92 Å². The van der Waals surface area contributed by atoms with Crippen molar-refractivity contribution in [3.8, 4) is 0 Å². The minimum Gasteiger partial charge on any atom is -0.393 e. The normalized spacial score (nSPS) is 15.2. The molecule has 1 aliphatic rings. The minimum atomic E-state index is -0.431. The van der Waals surface area contributed by atoms with E-state index in [1.165, 1.54) is 18.9 Å². The Bertz CT molecular complexity index is 430. The molecule has 5 nitrogen and oxygen atoms in total. The molecule has 1 saturated carbocycles. The molecule has 1 aromatic carbocycles. The summed E-state index contributed by atoms with van der Waals surface area (Å²) in [5, 5.41) is 10.8. The Morgan fingerprint density at radius 3 is 2.82 bits per heavy atom. The van der Waals surface area contributed by atoms with Crippen LogP contribution in [0.1, 0.15) is 18.4 Å². The van der Waals surface area contributed by atoms with Crippen molar-refractivity contribution in [3.05, 3.63) is 33.9 Å². The van der Waals surface area contributed by atoms with Crippen LogP contribution in [0.4, 0.5) is 11.4 Å². The number of nitrogen functional groups attached to an aromatic ring is 1. The number of nitrogens with zero attached hydrogens (tertiary/aromatic N) is 2. The summed E-state index contributed by atoms with van der Waals surface area (Å²) in [6.45, 7) is 1.71. The lowest BCUT2D eigenvalue weighted by Crippen LogP contribution is -2.21. The van der Waals surface area contributed by atoms with Crippen LogP contribution in [0.15, 0.2) is 18.2 Å². The van der Waals surface area contributed by atoms with Crippen molar-refractivity contribution in [2.75, 3.05) is 19.3 Å². The fourth-order valence-electron chi connectivity index (χ4n) is 1.99. The first-order valence-corrected chi connectivity index (χ1v) is 5.78. The van der Waals surface area contributed by atoms with Crippen molar-refractivity contribution in [2.24, 2.45) is 5.92 Å². The molecular weight excluding hydrogens is 218 g/mol. The van der Waals surface area contributed by atoms with Gasteiger partial charge in [0.25, 0.3) is 5.69 Å². The highest BCUT2D eigenvalue weighted by Gasteiger charge is 2.23. The molecule has 0 atom stereocenters. The molecule has 2 rings (SSSR count). The zero-order valence-corrected chi connectivity index (χ0v) is 9.93. The molecule has 17 heavy (non-hydrogen) atoms. The molecule has 1 aromatic rings. The molecule has 0 aliphatic heterocycles. The van der Waals surface area contributed by atoms with Gasteiger partial charge in [-0.25, -0.2) is 0 Å². The summed E-state index contributed by atoms with van der Waals surface area (Å²) >= 11 is 0. The number of hydrogen-bond donors (Lipinski definition) is 1. The Balaban J connectivity index is 2.08. The number of nitro benzene ring substituents is 1. The van der Waals surface area contributed by atoms with Crippen molar-refractivity contribution in [2.45, 2.75) is 19.4 Å². The van der Waals surface area contributed by atoms with E-state index >= 15 is 0 Å². The maximum absolute atomic E-state index is 10.8. The monoisotopic (exact) mass is 235 g/mol. The highest BCUT2D eigenvalue weighted by Crippen LogP contribution is 2.31. The molecule has 0 heterocycles. The van der Waals surface area contributed by atoms with Crippen LogP contribution in [0, 0.1) is 16.0 Å². The lowest BCUT2D eigenvalue weighted by Gasteiger charge is -2.17. The Morgan fingerprint density at radius 1 is 1.53 bits per heavy atom. The average Bonchev–Trinajstić information content (AvgIpc) is 3.04. The molecular formula is C12H17N3O2. The van der Waals surface area contributed by atoms with Gasteiger partial charge in [0.15, 0.2) is 0 Å². The SMILES string of the molecule is CN(Cc1cccc([N+](=O)[O-])c1N)CC1CC1. The van der Waals surface area contributed by atoms with Gasteiger partial charge < -0.3 is 10.6 Å². The third-order valence-electron chi connectivity index (χ3n) is 3.08. The largest absolute Gasteiger partial charge is 0.393 e. The quantitative estimate of drug-likeness (QED) is 0.481. The topological polar surface area (TPSA) is 72.4 Å². The van der Waals surface area contributed by atoms with E-state index in [0.29, 0.717) is 12.2 Å². The molecule has 0 aromatic heterocycles. The van der Waals surface area contributed by atoms with Gasteiger partial charge in [-0.15, -0.1) is 0 Å². The van der Waals surface area contributed by atoms with Crippen LogP contribution in [0.5, 0.6) is 0 Å². The summed E-state index contributed by atoms with van der Waals surface area (Å²) in [5.74, 6) is 0.805. The van der Waals surface area contributed by atoms with Gasteiger partial charge >= 0.3 is 0 Å². The molecule has 2 N–H and O–H groups in total. The highest BCUT2D eigenvalue weighted by molar-refractivity contribution is 5.62. The molecule has 1 fully saturated rings. The number of nitro groups is 1. The molecule has 92 valence electrons. The molecule has 0 bridgehead atoms. The third kappa shape index (κ3) is 2.94. The van der Waals surface area contributed by atoms with Crippen LogP contribution >= 0.6 is 0 Å². The van der Waals surface area contributed by atoms with E-state index in [1.807, 2.05) is 13.1 Å². The summed E-state index contributed by atoms with van der Waals surface area (Å²) in [7, 11) is 2.02. The van der Waals surface area contributed by atoms with Gasteiger partial charge in [-0.05, 0) is 31.4 Å². The van der Waals surface area contributed by atoms with Crippen LogP contribution in [0.2, 0.25) is 0 Å². The van der Waals surface area contributed by atoms with Gasteiger partial charge in [0.2, 0.25) is 0 Å². The first-order valence-electron chi connectivity index (χ1n) is 5.78. The van der Waals surface area contributed by atoms with Crippen LogP contribution < -0.4 is 5.73 Å².